The van der Waals surface area contributed by atoms with Gasteiger partial charge in [-0.2, -0.15) is 0 Å². The van der Waals surface area contributed by atoms with E-state index in [-0.39, 0.29) is 6.03 Å². The quantitative estimate of drug-likeness (QED) is 0.834. The second-order valence-electron chi connectivity index (χ2n) is 6.08. The van der Waals surface area contributed by atoms with Crippen LogP contribution in [0.2, 0.25) is 0 Å². The van der Waals surface area contributed by atoms with E-state index in [1.54, 1.807) is 0 Å². The van der Waals surface area contributed by atoms with Crippen molar-refractivity contribution in [2.75, 3.05) is 5.32 Å². The van der Waals surface area contributed by atoms with Crippen molar-refractivity contribution < 1.29 is 4.79 Å². The van der Waals surface area contributed by atoms with Gasteiger partial charge in [0.2, 0.25) is 0 Å². The molecule has 3 nitrogen and oxygen atoms in total. The molecule has 0 radical (unpaired) electrons. The second kappa shape index (κ2) is 6.17. The minimum absolute atomic E-state index is 0.0918. The summed E-state index contributed by atoms with van der Waals surface area (Å²) in [5.41, 5.74) is 0.870. The van der Waals surface area contributed by atoms with E-state index in [2.05, 4.69) is 29.7 Å². The topological polar surface area (TPSA) is 41.1 Å². The van der Waals surface area contributed by atoms with Crippen LogP contribution in [0.3, 0.4) is 0 Å². The number of rotatable bonds is 2. The molecule has 3 heteroatoms. The van der Waals surface area contributed by atoms with E-state index in [9.17, 15) is 4.79 Å². The molecule has 2 amide bonds. The smallest absolute Gasteiger partial charge is 0.319 e. The second-order valence-corrected chi connectivity index (χ2v) is 6.08. The number of anilines is 1. The molecule has 0 aromatic heterocycles. The van der Waals surface area contributed by atoms with E-state index < -0.39 is 0 Å². The lowest BCUT2D eigenvalue weighted by atomic mass is 9.87. The van der Waals surface area contributed by atoms with Crippen LogP contribution in [0.1, 0.15) is 32.6 Å². The number of fused-ring (bicyclic) bond motifs is 1. The highest BCUT2D eigenvalue weighted by Crippen LogP contribution is 2.25. The molecule has 1 saturated carbocycles. The van der Waals surface area contributed by atoms with Gasteiger partial charge in [-0.15, -0.1) is 0 Å². The third kappa shape index (κ3) is 3.35. The van der Waals surface area contributed by atoms with Gasteiger partial charge in [0.15, 0.2) is 0 Å². The summed E-state index contributed by atoms with van der Waals surface area (Å²) in [6.07, 6.45) is 4.59. The van der Waals surface area contributed by atoms with Crippen LogP contribution in [0, 0.1) is 5.92 Å². The van der Waals surface area contributed by atoms with E-state index in [4.69, 9.17) is 0 Å². The molecule has 0 heterocycles. The fraction of sp³-hybridized carbons (Fsp3) is 0.389. The summed E-state index contributed by atoms with van der Waals surface area (Å²) < 4.78 is 0. The van der Waals surface area contributed by atoms with Crippen LogP contribution in [0.5, 0.6) is 0 Å². The van der Waals surface area contributed by atoms with Crippen molar-refractivity contribution in [2.45, 2.75) is 38.6 Å². The number of hydrogen-bond donors (Lipinski definition) is 2. The number of amides is 2. The minimum Gasteiger partial charge on any atom is -0.335 e. The van der Waals surface area contributed by atoms with E-state index in [0.29, 0.717) is 6.04 Å². The Balaban J connectivity index is 1.66. The first kappa shape index (κ1) is 13.9. The molecule has 110 valence electrons. The zero-order valence-electron chi connectivity index (χ0n) is 12.4. The Morgan fingerprint density at radius 2 is 1.71 bits per heavy atom. The van der Waals surface area contributed by atoms with Gasteiger partial charge < -0.3 is 10.6 Å². The summed E-state index contributed by atoms with van der Waals surface area (Å²) in [6.45, 7) is 2.28. The predicted octanol–water partition coefficient (Wildman–Crippen LogP) is 4.54. The molecular formula is C18H22N2O. The van der Waals surface area contributed by atoms with Gasteiger partial charge in [0, 0.05) is 11.4 Å². The highest BCUT2D eigenvalue weighted by molar-refractivity contribution is 6.01. The Hall–Kier alpha value is -2.03. The molecule has 1 fully saturated rings. The van der Waals surface area contributed by atoms with Gasteiger partial charge in [0.05, 0.1) is 5.69 Å². The number of nitrogens with one attached hydrogen (secondary N) is 2. The number of benzene rings is 2. The molecule has 1 aliphatic carbocycles. The molecule has 0 atom stereocenters. The van der Waals surface area contributed by atoms with Crippen LogP contribution in [-0.2, 0) is 0 Å². The van der Waals surface area contributed by atoms with E-state index >= 15 is 0 Å². The number of hydrogen-bond acceptors (Lipinski definition) is 1. The summed E-state index contributed by atoms with van der Waals surface area (Å²) >= 11 is 0. The van der Waals surface area contributed by atoms with Gasteiger partial charge >= 0.3 is 6.03 Å². The Morgan fingerprint density at radius 1 is 1.00 bits per heavy atom. The summed E-state index contributed by atoms with van der Waals surface area (Å²) in [4.78, 5) is 12.2. The monoisotopic (exact) mass is 282 g/mol. The summed E-state index contributed by atoms with van der Waals surface area (Å²) in [7, 11) is 0. The lowest BCUT2D eigenvalue weighted by molar-refractivity contribution is 0.239. The normalized spacial score (nSPS) is 22.0. The Bertz CT molecular complexity index is 625. The van der Waals surface area contributed by atoms with Crippen LogP contribution in [0.25, 0.3) is 10.8 Å². The van der Waals surface area contributed by atoms with Crippen molar-refractivity contribution in [3.63, 3.8) is 0 Å². The molecule has 0 bridgehead atoms. The average Bonchev–Trinajstić information content (AvgIpc) is 2.50. The van der Waals surface area contributed by atoms with Gasteiger partial charge in [-0.25, -0.2) is 4.79 Å². The zero-order chi connectivity index (χ0) is 14.7. The standard InChI is InChI=1S/C18H22N2O/c1-13-9-11-15(12-10-13)19-18(21)20-17-8-4-6-14-5-2-3-7-16(14)17/h2-8,13,15H,9-12H2,1H3,(H2,19,20,21). The van der Waals surface area contributed by atoms with Crippen molar-refractivity contribution >= 4 is 22.5 Å². The molecule has 2 aromatic rings. The molecule has 3 rings (SSSR count). The van der Waals surface area contributed by atoms with Crippen molar-refractivity contribution in [3.8, 4) is 0 Å². The molecule has 0 unspecified atom stereocenters. The van der Waals surface area contributed by atoms with Crippen LogP contribution < -0.4 is 10.6 Å². The maximum atomic E-state index is 12.2. The van der Waals surface area contributed by atoms with E-state index in [1.807, 2.05) is 30.3 Å². The van der Waals surface area contributed by atoms with E-state index in [0.717, 1.165) is 35.2 Å². The van der Waals surface area contributed by atoms with Crippen LogP contribution in [0.15, 0.2) is 42.5 Å². The Kier molecular flexibility index (Phi) is 4.09. The largest absolute Gasteiger partial charge is 0.335 e. The van der Waals surface area contributed by atoms with Gasteiger partial charge in [-0.3, -0.25) is 0 Å². The molecule has 0 saturated heterocycles. The Morgan fingerprint density at radius 3 is 2.52 bits per heavy atom. The van der Waals surface area contributed by atoms with Crippen LogP contribution >= 0.6 is 0 Å². The van der Waals surface area contributed by atoms with E-state index in [1.165, 1.54) is 12.8 Å². The molecule has 1 aliphatic rings. The fourth-order valence-electron chi connectivity index (χ4n) is 3.08. The minimum atomic E-state index is -0.0918. The molecule has 0 spiro atoms. The first-order chi connectivity index (χ1) is 10.2. The van der Waals surface area contributed by atoms with Crippen LogP contribution in [-0.4, -0.2) is 12.1 Å². The van der Waals surface area contributed by atoms with Crippen LogP contribution in [0.4, 0.5) is 10.5 Å². The SMILES string of the molecule is CC1CCC(NC(=O)Nc2cccc3ccccc23)CC1. The van der Waals surface area contributed by atoms with Crippen molar-refractivity contribution in [1.82, 2.24) is 5.32 Å². The fourth-order valence-corrected chi connectivity index (χ4v) is 3.08. The highest BCUT2D eigenvalue weighted by atomic mass is 16.2. The third-order valence-corrected chi connectivity index (χ3v) is 4.39. The summed E-state index contributed by atoms with van der Waals surface area (Å²) in [5.74, 6) is 0.796. The maximum absolute atomic E-state index is 12.2. The first-order valence-corrected chi connectivity index (χ1v) is 7.77. The average molecular weight is 282 g/mol. The summed E-state index contributed by atoms with van der Waals surface area (Å²) in [5, 5.41) is 8.31. The van der Waals surface area contributed by atoms with Crippen molar-refractivity contribution in [3.05, 3.63) is 42.5 Å². The number of carbonyl (C=O) groups is 1. The zero-order valence-corrected chi connectivity index (χ0v) is 12.4. The Labute approximate surface area is 125 Å². The molecule has 2 aromatic carbocycles. The highest BCUT2D eigenvalue weighted by Gasteiger charge is 2.19. The third-order valence-electron chi connectivity index (χ3n) is 4.39. The van der Waals surface area contributed by atoms with Gasteiger partial charge in [0.1, 0.15) is 0 Å². The summed E-state index contributed by atoms with van der Waals surface area (Å²) in [6, 6.07) is 14.3. The molecule has 2 N–H and O–H groups in total. The number of urea groups is 1. The maximum Gasteiger partial charge on any atom is 0.319 e. The molecule has 0 aliphatic heterocycles. The lowest BCUT2D eigenvalue weighted by Gasteiger charge is -2.27. The van der Waals surface area contributed by atoms with Gasteiger partial charge in [-0.1, -0.05) is 43.3 Å². The van der Waals surface area contributed by atoms with Crippen molar-refractivity contribution in [2.24, 2.45) is 5.92 Å². The lowest BCUT2D eigenvalue weighted by Crippen LogP contribution is -2.39. The first-order valence-electron chi connectivity index (χ1n) is 7.77. The van der Waals surface area contributed by atoms with Crippen molar-refractivity contribution in [1.29, 1.82) is 0 Å². The van der Waals surface area contributed by atoms with Gasteiger partial charge in [0.25, 0.3) is 0 Å². The van der Waals surface area contributed by atoms with Gasteiger partial charge in [-0.05, 0) is 43.1 Å². The predicted molar refractivity (Wildman–Crippen MR) is 87.5 cm³/mol. The molecule has 21 heavy (non-hydrogen) atoms. The number of carbonyl (C=O) groups excluding carboxylic acids is 1. The molecular weight excluding hydrogens is 260 g/mol.